The van der Waals surface area contributed by atoms with Gasteiger partial charge in [0.05, 0.1) is 26.4 Å². The van der Waals surface area contributed by atoms with Crippen LogP contribution in [0.1, 0.15) is 48.0 Å². The van der Waals surface area contributed by atoms with Crippen LogP contribution in [0.3, 0.4) is 0 Å². The Balaban J connectivity index is 1.34. The molecule has 0 aliphatic carbocycles. The number of rotatable bonds is 15. The van der Waals surface area contributed by atoms with Crippen molar-refractivity contribution in [3.63, 3.8) is 0 Å². The fraction of sp³-hybridized carbons (Fsp3) is 0.542. The van der Waals surface area contributed by atoms with Crippen LogP contribution in [0, 0.1) is 0 Å². The quantitative estimate of drug-likeness (QED) is 0.0992. The van der Waals surface area contributed by atoms with Crippen LogP contribution in [0.4, 0.5) is 5.69 Å². The predicted molar refractivity (Wildman–Crippen MR) is 134 cm³/mol. The maximum atomic E-state index is 12.9. The molecule has 1 aromatic carbocycles. The Hall–Kier alpha value is -4.00. The number of anilines is 1. The molecule has 0 radical (unpaired) electrons. The molecule has 0 aromatic heterocycles. The van der Waals surface area contributed by atoms with Gasteiger partial charge < -0.3 is 25.0 Å². The van der Waals surface area contributed by atoms with Crippen molar-refractivity contribution >= 4 is 35.2 Å². The van der Waals surface area contributed by atoms with Crippen LogP contribution in [0.15, 0.2) is 23.3 Å². The number of benzene rings is 1. The van der Waals surface area contributed by atoms with E-state index in [9.17, 15) is 24.0 Å². The van der Waals surface area contributed by atoms with E-state index in [-0.39, 0.29) is 62.4 Å². The van der Waals surface area contributed by atoms with Gasteiger partial charge in [-0.05, 0) is 30.5 Å². The van der Waals surface area contributed by atoms with Gasteiger partial charge in [-0.25, -0.2) is 0 Å². The lowest BCUT2D eigenvalue weighted by Crippen LogP contribution is -2.52. The van der Waals surface area contributed by atoms with E-state index in [1.54, 1.807) is 18.2 Å². The van der Waals surface area contributed by atoms with E-state index >= 15 is 0 Å². The van der Waals surface area contributed by atoms with Gasteiger partial charge in [0.25, 0.3) is 5.91 Å². The zero-order chi connectivity index (χ0) is 27.3. The highest BCUT2D eigenvalue weighted by Gasteiger charge is 2.39. The van der Waals surface area contributed by atoms with Crippen molar-refractivity contribution in [1.29, 1.82) is 0 Å². The molecule has 2 aliphatic rings. The highest BCUT2D eigenvalue weighted by Crippen LogP contribution is 2.32. The number of nitrogens with one attached hydrogen (secondary N) is 3. The van der Waals surface area contributed by atoms with E-state index in [0.717, 1.165) is 0 Å². The van der Waals surface area contributed by atoms with Crippen molar-refractivity contribution in [3.05, 3.63) is 39.8 Å². The summed E-state index contributed by atoms with van der Waals surface area (Å²) in [5, 5.41) is 11.1. The first-order valence-electron chi connectivity index (χ1n) is 12.4. The topological polar surface area (TPSA) is 192 Å². The molecule has 5 amide bonds. The Morgan fingerprint density at radius 2 is 1.87 bits per heavy atom. The summed E-state index contributed by atoms with van der Waals surface area (Å²) in [6.45, 7) is 2.11. The minimum absolute atomic E-state index is 0.117. The van der Waals surface area contributed by atoms with Gasteiger partial charge in [-0.1, -0.05) is 11.2 Å². The average molecular weight is 530 g/mol. The third-order valence-corrected chi connectivity index (χ3v) is 6.00. The van der Waals surface area contributed by atoms with Crippen molar-refractivity contribution in [3.8, 4) is 0 Å². The van der Waals surface area contributed by atoms with Gasteiger partial charge in [0.1, 0.15) is 6.04 Å². The Labute approximate surface area is 219 Å². The van der Waals surface area contributed by atoms with Gasteiger partial charge in [0, 0.05) is 60.6 Å². The Morgan fingerprint density at radius 3 is 2.63 bits per heavy atom. The maximum Gasteiger partial charge on any atom is 0.255 e. The molecule has 1 atom stereocenters. The third-order valence-electron chi connectivity index (χ3n) is 6.00. The number of amides is 5. The second-order valence-electron chi connectivity index (χ2n) is 8.66. The number of piperidine rings is 1. The Bertz CT molecular complexity index is 1100. The van der Waals surface area contributed by atoms with Crippen LogP contribution in [-0.4, -0.2) is 80.0 Å². The molecular formula is C24H31N7O7. The van der Waals surface area contributed by atoms with Crippen LogP contribution < -0.4 is 16.0 Å². The predicted octanol–water partition coefficient (Wildman–Crippen LogP) is 1.02. The summed E-state index contributed by atoms with van der Waals surface area (Å²) in [4.78, 5) is 65.1. The summed E-state index contributed by atoms with van der Waals surface area (Å²) in [6, 6.07) is 4.26. The lowest BCUT2D eigenvalue weighted by Gasteiger charge is -2.29. The summed E-state index contributed by atoms with van der Waals surface area (Å²) in [7, 11) is 0. The highest BCUT2D eigenvalue weighted by atomic mass is 16.5. The van der Waals surface area contributed by atoms with Crippen molar-refractivity contribution in [1.82, 2.24) is 15.5 Å². The molecule has 38 heavy (non-hydrogen) atoms. The molecule has 2 heterocycles. The number of hydrogen-bond donors (Lipinski definition) is 3. The number of imide groups is 1. The number of hydrogen-bond acceptors (Lipinski definition) is 8. The third kappa shape index (κ3) is 8.26. The lowest BCUT2D eigenvalue weighted by molar-refractivity contribution is -0.137. The van der Waals surface area contributed by atoms with Crippen molar-refractivity contribution < 1.29 is 33.4 Å². The van der Waals surface area contributed by atoms with Gasteiger partial charge in [-0.2, -0.15) is 0 Å². The SMILES string of the molecule is [N-]=[N+]=NCCOCCOCCNC(=O)CCCC(=O)Nc1cccc2c1CN(C1CCC(=O)NC1=O)C2=O. The van der Waals surface area contributed by atoms with E-state index in [0.29, 0.717) is 56.2 Å². The van der Waals surface area contributed by atoms with Gasteiger partial charge in [-0.3, -0.25) is 29.3 Å². The standard InChI is InChI=1S/C24H31N7O7/c25-30-27-10-12-38-14-13-37-11-9-26-20(32)5-2-6-21(33)28-18-4-1-3-16-17(18)15-31(24(16)36)19-7-8-22(34)29-23(19)35/h1,3-4,19H,2,5-15H2,(H,26,32)(H,28,33)(H,29,34,35). The molecule has 3 N–H and O–H groups in total. The van der Waals surface area contributed by atoms with Crippen LogP contribution in [0.5, 0.6) is 0 Å². The lowest BCUT2D eigenvalue weighted by atomic mass is 10.0. The fourth-order valence-corrected chi connectivity index (χ4v) is 4.15. The summed E-state index contributed by atoms with van der Waals surface area (Å²) in [5.74, 6) is -1.65. The number of azide groups is 1. The van der Waals surface area contributed by atoms with E-state index in [2.05, 4.69) is 26.0 Å². The van der Waals surface area contributed by atoms with Crippen LogP contribution in [0.2, 0.25) is 0 Å². The zero-order valence-corrected chi connectivity index (χ0v) is 20.9. The molecule has 0 spiro atoms. The second kappa shape index (κ2) is 14.7. The largest absolute Gasteiger partial charge is 0.379 e. The molecule has 1 saturated heterocycles. The summed E-state index contributed by atoms with van der Waals surface area (Å²) < 4.78 is 10.5. The van der Waals surface area contributed by atoms with Crippen LogP contribution >= 0.6 is 0 Å². The highest BCUT2D eigenvalue weighted by molar-refractivity contribution is 6.06. The molecule has 204 valence electrons. The molecule has 1 unspecified atom stereocenters. The van der Waals surface area contributed by atoms with E-state index in [4.69, 9.17) is 15.0 Å². The monoisotopic (exact) mass is 529 g/mol. The molecular weight excluding hydrogens is 498 g/mol. The minimum atomic E-state index is -0.733. The summed E-state index contributed by atoms with van der Waals surface area (Å²) in [5.41, 5.74) is 9.66. The van der Waals surface area contributed by atoms with Gasteiger partial charge in [-0.15, -0.1) is 0 Å². The first kappa shape index (κ1) is 28.6. The molecule has 14 nitrogen and oxygen atoms in total. The van der Waals surface area contributed by atoms with Gasteiger partial charge >= 0.3 is 0 Å². The minimum Gasteiger partial charge on any atom is -0.379 e. The van der Waals surface area contributed by atoms with Gasteiger partial charge in [0.2, 0.25) is 23.6 Å². The van der Waals surface area contributed by atoms with Crippen molar-refractivity contribution in [2.75, 3.05) is 44.8 Å². The number of carbonyl (C=O) groups excluding carboxylic acids is 5. The van der Waals surface area contributed by atoms with Crippen LogP contribution in [0.25, 0.3) is 10.4 Å². The fourth-order valence-electron chi connectivity index (χ4n) is 4.15. The molecule has 3 rings (SSSR count). The maximum absolute atomic E-state index is 12.9. The molecule has 0 saturated carbocycles. The van der Waals surface area contributed by atoms with E-state index < -0.39 is 11.9 Å². The number of carbonyl (C=O) groups is 5. The average Bonchev–Trinajstić information content (AvgIpc) is 3.22. The molecule has 2 aliphatic heterocycles. The first-order valence-corrected chi connectivity index (χ1v) is 12.4. The number of ether oxygens (including phenoxy) is 2. The number of nitrogens with zero attached hydrogens (tertiary/aromatic N) is 4. The Morgan fingerprint density at radius 1 is 1.11 bits per heavy atom. The second-order valence-corrected chi connectivity index (χ2v) is 8.66. The normalized spacial score (nSPS) is 16.5. The molecule has 14 heteroatoms. The molecule has 0 bridgehead atoms. The summed E-state index contributed by atoms with van der Waals surface area (Å²) in [6.07, 6.45) is 1.05. The zero-order valence-electron chi connectivity index (χ0n) is 20.9. The van der Waals surface area contributed by atoms with Gasteiger partial charge in [0.15, 0.2) is 0 Å². The number of fused-ring (bicyclic) bond motifs is 1. The van der Waals surface area contributed by atoms with Crippen molar-refractivity contribution in [2.24, 2.45) is 5.11 Å². The van der Waals surface area contributed by atoms with E-state index in [1.165, 1.54) is 4.90 Å². The van der Waals surface area contributed by atoms with E-state index in [1.807, 2.05) is 0 Å². The first-order chi connectivity index (χ1) is 18.4. The molecule has 1 fully saturated rings. The Kier molecular flexibility index (Phi) is 11.0. The van der Waals surface area contributed by atoms with Crippen LogP contribution in [-0.2, 0) is 35.2 Å². The summed E-state index contributed by atoms with van der Waals surface area (Å²) >= 11 is 0. The smallest absolute Gasteiger partial charge is 0.255 e. The molecule has 1 aromatic rings. The van der Waals surface area contributed by atoms with Crippen molar-refractivity contribution in [2.45, 2.75) is 44.7 Å².